The van der Waals surface area contributed by atoms with Crippen LogP contribution in [0.3, 0.4) is 0 Å². The van der Waals surface area contributed by atoms with Gasteiger partial charge in [0.25, 0.3) is 11.5 Å². The van der Waals surface area contributed by atoms with Crippen LogP contribution in [-0.4, -0.2) is 21.9 Å². The van der Waals surface area contributed by atoms with Crippen LogP contribution in [0.1, 0.15) is 29.4 Å². The first-order valence-corrected chi connectivity index (χ1v) is 8.56. The molecule has 1 heterocycles. The molecule has 0 saturated carbocycles. The maximum Gasteiger partial charge on any atom is 0.292 e. The lowest BCUT2D eigenvalue weighted by molar-refractivity contribution is 0.0949. The molecule has 0 unspecified atom stereocenters. The van der Waals surface area contributed by atoms with Crippen LogP contribution in [0, 0.1) is 0 Å². The molecule has 7 heteroatoms. The van der Waals surface area contributed by atoms with Gasteiger partial charge in [0.1, 0.15) is 0 Å². The van der Waals surface area contributed by atoms with Crippen LogP contribution in [0.15, 0.2) is 58.4 Å². The van der Waals surface area contributed by atoms with Crippen molar-refractivity contribution >= 4 is 34.5 Å². The third kappa shape index (κ3) is 3.81. The molecule has 0 spiro atoms. The minimum absolute atomic E-state index is 0.168. The van der Waals surface area contributed by atoms with Gasteiger partial charge in [-0.25, -0.2) is 10.1 Å². The van der Waals surface area contributed by atoms with E-state index >= 15 is 0 Å². The molecule has 0 radical (unpaired) electrons. The van der Waals surface area contributed by atoms with Gasteiger partial charge in [-0.2, -0.15) is 10.2 Å². The number of hydrogen-bond acceptors (Lipinski definition) is 4. The van der Waals surface area contributed by atoms with Gasteiger partial charge in [-0.05, 0) is 30.2 Å². The lowest BCUT2D eigenvalue weighted by Crippen LogP contribution is -2.29. The number of rotatable bonds is 5. The second-order valence-corrected chi connectivity index (χ2v) is 6.11. The minimum atomic E-state index is -0.476. The number of hydrazone groups is 1. The number of benzene rings is 2. The largest absolute Gasteiger partial charge is 0.292 e. The SMILES string of the molecule is CCCn1nc(C(=O)N/N=C\c2ccc(Cl)cc2)c2ccccc2c1=O. The number of amides is 1. The van der Waals surface area contributed by atoms with Gasteiger partial charge in [0, 0.05) is 17.0 Å². The smallest absolute Gasteiger partial charge is 0.267 e. The zero-order valence-electron chi connectivity index (χ0n) is 14.1. The Balaban J connectivity index is 1.91. The van der Waals surface area contributed by atoms with E-state index in [-0.39, 0.29) is 11.3 Å². The molecule has 1 N–H and O–H groups in total. The fourth-order valence-electron chi connectivity index (χ4n) is 2.53. The number of nitrogens with one attached hydrogen (secondary N) is 1. The van der Waals surface area contributed by atoms with E-state index in [4.69, 9.17) is 11.6 Å². The van der Waals surface area contributed by atoms with Gasteiger partial charge < -0.3 is 0 Å². The van der Waals surface area contributed by atoms with Gasteiger partial charge >= 0.3 is 0 Å². The number of aryl methyl sites for hydroxylation is 1. The molecule has 0 aliphatic carbocycles. The monoisotopic (exact) mass is 368 g/mol. The van der Waals surface area contributed by atoms with Gasteiger partial charge in [-0.3, -0.25) is 9.59 Å². The number of carbonyl (C=O) groups excluding carboxylic acids is 1. The summed E-state index contributed by atoms with van der Waals surface area (Å²) in [5, 5.41) is 9.78. The van der Waals surface area contributed by atoms with E-state index in [9.17, 15) is 9.59 Å². The number of hydrogen-bond donors (Lipinski definition) is 1. The van der Waals surface area contributed by atoms with Crippen molar-refractivity contribution in [3.05, 3.63) is 75.2 Å². The van der Waals surface area contributed by atoms with Gasteiger partial charge in [0.2, 0.25) is 0 Å². The first kappa shape index (κ1) is 17.8. The standard InChI is InChI=1S/C19H17ClN4O2/c1-2-11-24-19(26)16-6-4-3-5-15(16)17(23-24)18(25)22-21-12-13-7-9-14(20)10-8-13/h3-10,12H,2,11H2,1H3,(H,22,25)/b21-12-. The molecule has 0 aliphatic rings. The molecule has 3 rings (SSSR count). The Morgan fingerprint density at radius 2 is 1.88 bits per heavy atom. The fourth-order valence-corrected chi connectivity index (χ4v) is 2.66. The van der Waals surface area contributed by atoms with Crippen molar-refractivity contribution in [1.82, 2.24) is 15.2 Å². The predicted octanol–water partition coefficient (Wildman–Crippen LogP) is 3.22. The van der Waals surface area contributed by atoms with E-state index in [0.29, 0.717) is 22.3 Å². The fraction of sp³-hybridized carbons (Fsp3) is 0.158. The molecule has 3 aromatic rings. The molecule has 2 aromatic carbocycles. The topological polar surface area (TPSA) is 76.3 Å². The van der Waals surface area contributed by atoms with Crippen LogP contribution in [0.5, 0.6) is 0 Å². The highest BCUT2D eigenvalue weighted by atomic mass is 35.5. The molecule has 0 saturated heterocycles. The lowest BCUT2D eigenvalue weighted by atomic mass is 10.1. The summed E-state index contributed by atoms with van der Waals surface area (Å²) in [5.41, 5.74) is 3.22. The summed E-state index contributed by atoms with van der Waals surface area (Å²) >= 11 is 5.83. The number of carbonyl (C=O) groups is 1. The van der Waals surface area contributed by atoms with Crippen molar-refractivity contribution < 1.29 is 4.79 Å². The van der Waals surface area contributed by atoms with Crippen LogP contribution < -0.4 is 11.0 Å². The molecule has 1 aromatic heterocycles. The zero-order valence-corrected chi connectivity index (χ0v) is 14.9. The minimum Gasteiger partial charge on any atom is -0.267 e. The van der Waals surface area contributed by atoms with Gasteiger partial charge in [-0.1, -0.05) is 48.9 Å². The van der Waals surface area contributed by atoms with E-state index in [2.05, 4.69) is 15.6 Å². The number of fused-ring (bicyclic) bond motifs is 1. The van der Waals surface area contributed by atoms with Crippen LogP contribution in [0.4, 0.5) is 0 Å². The summed E-state index contributed by atoms with van der Waals surface area (Å²) in [4.78, 5) is 25.0. The number of halogens is 1. The highest BCUT2D eigenvalue weighted by Crippen LogP contribution is 2.13. The van der Waals surface area contributed by atoms with Crippen LogP contribution in [0.2, 0.25) is 5.02 Å². The average molecular weight is 369 g/mol. The Hall–Kier alpha value is -2.99. The van der Waals surface area contributed by atoms with Crippen molar-refractivity contribution in [3.8, 4) is 0 Å². The van der Waals surface area contributed by atoms with Gasteiger partial charge in [-0.15, -0.1) is 0 Å². The van der Waals surface area contributed by atoms with Crippen LogP contribution in [-0.2, 0) is 6.54 Å². The molecule has 0 aliphatic heterocycles. The molecule has 132 valence electrons. The van der Waals surface area contributed by atoms with Gasteiger partial charge in [0.05, 0.1) is 11.6 Å². The first-order chi connectivity index (χ1) is 12.6. The van der Waals surface area contributed by atoms with E-state index in [1.807, 2.05) is 6.92 Å². The molecule has 26 heavy (non-hydrogen) atoms. The van der Waals surface area contributed by atoms with Crippen LogP contribution >= 0.6 is 11.6 Å². The Bertz CT molecular complexity index is 1030. The summed E-state index contributed by atoms with van der Waals surface area (Å²) in [6, 6.07) is 14.0. The summed E-state index contributed by atoms with van der Waals surface area (Å²) in [6.45, 7) is 2.39. The Kier molecular flexibility index (Phi) is 5.43. The maximum absolute atomic E-state index is 12.5. The first-order valence-electron chi connectivity index (χ1n) is 8.19. The molecule has 0 bridgehead atoms. The highest BCUT2D eigenvalue weighted by Gasteiger charge is 2.15. The quantitative estimate of drug-likeness (QED) is 0.555. The molecular weight excluding hydrogens is 352 g/mol. The molecule has 0 atom stereocenters. The average Bonchev–Trinajstić information content (AvgIpc) is 2.65. The van der Waals surface area contributed by atoms with Crippen molar-refractivity contribution in [2.24, 2.45) is 5.10 Å². The van der Waals surface area contributed by atoms with Crippen molar-refractivity contribution in [2.75, 3.05) is 0 Å². The van der Waals surface area contributed by atoms with Crippen molar-refractivity contribution in [2.45, 2.75) is 19.9 Å². The second kappa shape index (κ2) is 7.93. The second-order valence-electron chi connectivity index (χ2n) is 5.67. The third-order valence-corrected chi connectivity index (χ3v) is 4.02. The normalized spacial score (nSPS) is 11.2. The predicted molar refractivity (Wildman–Crippen MR) is 103 cm³/mol. The summed E-state index contributed by atoms with van der Waals surface area (Å²) in [7, 11) is 0. The van der Waals surface area contributed by atoms with Gasteiger partial charge in [0.15, 0.2) is 5.69 Å². The summed E-state index contributed by atoms with van der Waals surface area (Å²) < 4.78 is 1.32. The summed E-state index contributed by atoms with van der Waals surface area (Å²) in [5.74, 6) is -0.476. The highest BCUT2D eigenvalue weighted by molar-refractivity contribution is 6.30. The molecule has 0 fully saturated rings. The van der Waals surface area contributed by atoms with E-state index in [1.54, 1.807) is 48.5 Å². The molecule has 1 amide bonds. The zero-order chi connectivity index (χ0) is 18.5. The van der Waals surface area contributed by atoms with E-state index in [1.165, 1.54) is 10.9 Å². The van der Waals surface area contributed by atoms with E-state index in [0.717, 1.165) is 12.0 Å². The number of nitrogens with zero attached hydrogens (tertiary/aromatic N) is 3. The Labute approximate surface area is 155 Å². The Morgan fingerprint density at radius 3 is 2.58 bits per heavy atom. The Morgan fingerprint density at radius 1 is 1.19 bits per heavy atom. The lowest BCUT2D eigenvalue weighted by Gasteiger charge is -2.09. The third-order valence-electron chi connectivity index (χ3n) is 3.77. The maximum atomic E-state index is 12.5. The van der Waals surface area contributed by atoms with Crippen molar-refractivity contribution in [1.29, 1.82) is 0 Å². The molecule has 6 nitrogen and oxygen atoms in total. The molecular formula is C19H17ClN4O2. The van der Waals surface area contributed by atoms with E-state index < -0.39 is 5.91 Å². The summed E-state index contributed by atoms with van der Waals surface area (Å²) in [6.07, 6.45) is 2.25. The van der Waals surface area contributed by atoms with Crippen molar-refractivity contribution in [3.63, 3.8) is 0 Å². The number of aromatic nitrogens is 2. The van der Waals surface area contributed by atoms with Crippen LogP contribution in [0.25, 0.3) is 10.8 Å².